The van der Waals surface area contributed by atoms with Gasteiger partial charge in [0.25, 0.3) is 0 Å². The van der Waals surface area contributed by atoms with Gasteiger partial charge < -0.3 is 20.3 Å². The molecule has 27 heavy (non-hydrogen) atoms. The number of aromatic nitrogens is 2. The van der Waals surface area contributed by atoms with Gasteiger partial charge in [-0.3, -0.25) is 0 Å². The fourth-order valence-corrected chi connectivity index (χ4v) is 3.49. The molecule has 1 atom stereocenters. The van der Waals surface area contributed by atoms with Crippen LogP contribution in [-0.2, 0) is 6.54 Å². The highest BCUT2D eigenvalue weighted by Gasteiger charge is 2.21. The Morgan fingerprint density at radius 3 is 2.89 bits per heavy atom. The van der Waals surface area contributed by atoms with Crippen LogP contribution in [0.3, 0.4) is 0 Å². The average Bonchev–Trinajstić information content (AvgIpc) is 2.67. The van der Waals surface area contributed by atoms with Gasteiger partial charge in [0, 0.05) is 30.2 Å². The van der Waals surface area contributed by atoms with Crippen molar-refractivity contribution in [2.24, 2.45) is 0 Å². The van der Waals surface area contributed by atoms with E-state index in [1.54, 1.807) is 7.11 Å². The molecule has 0 spiro atoms. The standard InChI is InChI=1S/C19H24ClN5OS/c1-13-7-5-6-10-25(13)16-11-17(26-2)23-18(22-16)24-19(27)21-12-14-8-3-4-9-15(14)20/h3-4,8-9,11,13H,5-7,10,12H2,1-2H3,(H2,21,22,23,24,27)/t13-/m1/s1. The summed E-state index contributed by atoms with van der Waals surface area (Å²) in [6.07, 6.45) is 3.57. The van der Waals surface area contributed by atoms with Gasteiger partial charge in [-0.1, -0.05) is 29.8 Å². The predicted octanol–water partition coefficient (Wildman–Crippen LogP) is 4.00. The molecule has 1 fully saturated rings. The van der Waals surface area contributed by atoms with E-state index in [0.29, 0.717) is 34.5 Å². The molecule has 0 radical (unpaired) electrons. The summed E-state index contributed by atoms with van der Waals surface area (Å²) in [4.78, 5) is 11.3. The number of methoxy groups -OCH3 is 1. The van der Waals surface area contributed by atoms with Gasteiger partial charge in [0.15, 0.2) is 5.11 Å². The molecule has 1 aromatic heterocycles. The fourth-order valence-electron chi connectivity index (χ4n) is 3.12. The zero-order valence-electron chi connectivity index (χ0n) is 15.5. The molecule has 0 amide bonds. The monoisotopic (exact) mass is 405 g/mol. The first-order valence-electron chi connectivity index (χ1n) is 9.05. The van der Waals surface area contributed by atoms with Crippen molar-refractivity contribution in [3.63, 3.8) is 0 Å². The minimum atomic E-state index is 0.416. The Morgan fingerprint density at radius 1 is 1.33 bits per heavy atom. The molecule has 1 aromatic carbocycles. The van der Waals surface area contributed by atoms with Crippen molar-refractivity contribution in [1.29, 1.82) is 0 Å². The number of nitrogens with zero attached hydrogens (tertiary/aromatic N) is 3. The molecule has 3 rings (SSSR count). The maximum Gasteiger partial charge on any atom is 0.234 e. The molecule has 144 valence electrons. The lowest BCUT2D eigenvalue weighted by Gasteiger charge is -2.34. The van der Waals surface area contributed by atoms with Crippen LogP contribution in [0.15, 0.2) is 30.3 Å². The van der Waals surface area contributed by atoms with Gasteiger partial charge in [0.2, 0.25) is 11.8 Å². The van der Waals surface area contributed by atoms with Gasteiger partial charge in [-0.05, 0) is 50.0 Å². The second kappa shape index (κ2) is 9.19. The average molecular weight is 406 g/mol. The Morgan fingerprint density at radius 2 is 2.15 bits per heavy atom. The van der Waals surface area contributed by atoms with Crippen LogP contribution >= 0.6 is 23.8 Å². The maximum absolute atomic E-state index is 6.18. The highest BCUT2D eigenvalue weighted by atomic mass is 35.5. The molecule has 6 nitrogen and oxygen atoms in total. The lowest BCUT2D eigenvalue weighted by Crippen LogP contribution is -2.38. The third-order valence-electron chi connectivity index (χ3n) is 4.62. The molecule has 0 saturated carbocycles. The van der Waals surface area contributed by atoms with Gasteiger partial charge in [0.05, 0.1) is 7.11 Å². The van der Waals surface area contributed by atoms with Gasteiger partial charge >= 0.3 is 0 Å². The first-order chi connectivity index (χ1) is 13.1. The normalized spacial score (nSPS) is 16.7. The number of halogens is 1. The lowest BCUT2D eigenvalue weighted by atomic mass is 10.0. The van der Waals surface area contributed by atoms with Crippen LogP contribution in [0.25, 0.3) is 0 Å². The number of piperidine rings is 1. The quantitative estimate of drug-likeness (QED) is 0.729. The summed E-state index contributed by atoms with van der Waals surface area (Å²) in [6.45, 7) is 3.72. The van der Waals surface area contributed by atoms with E-state index >= 15 is 0 Å². The predicted molar refractivity (Wildman–Crippen MR) is 114 cm³/mol. The summed E-state index contributed by atoms with van der Waals surface area (Å²) in [7, 11) is 1.60. The number of ether oxygens (including phenoxy) is 1. The Bertz CT molecular complexity index is 803. The Balaban J connectivity index is 1.69. The molecule has 0 aliphatic carbocycles. The molecule has 1 saturated heterocycles. The highest BCUT2D eigenvalue weighted by molar-refractivity contribution is 7.80. The van der Waals surface area contributed by atoms with E-state index in [-0.39, 0.29) is 0 Å². The summed E-state index contributed by atoms with van der Waals surface area (Å²) >= 11 is 11.6. The molecule has 1 aliphatic rings. The Labute approximate surface area is 170 Å². The van der Waals surface area contributed by atoms with Crippen LogP contribution in [0.1, 0.15) is 31.7 Å². The summed E-state index contributed by atoms with van der Waals surface area (Å²) in [5.41, 5.74) is 0.970. The molecule has 8 heteroatoms. The van der Waals surface area contributed by atoms with Crippen LogP contribution in [0.5, 0.6) is 5.88 Å². The van der Waals surface area contributed by atoms with Crippen LogP contribution in [0.2, 0.25) is 5.02 Å². The van der Waals surface area contributed by atoms with Crippen molar-refractivity contribution in [2.75, 3.05) is 23.9 Å². The number of nitrogens with one attached hydrogen (secondary N) is 2. The largest absolute Gasteiger partial charge is 0.481 e. The van der Waals surface area contributed by atoms with E-state index in [0.717, 1.165) is 30.8 Å². The van der Waals surface area contributed by atoms with E-state index < -0.39 is 0 Å². The van der Waals surface area contributed by atoms with Crippen molar-refractivity contribution in [3.8, 4) is 5.88 Å². The minimum absolute atomic E-state index is 0.416. The molecule has 2 heterocycles. The third-order valence-corrected chi connectivity index (χ3v) is 5.23. The van der Waals surface area contributed by atoms with Gasteiger partial charge in [-0.25, -0.2) is 0 Å². The number of benzene rings is 1. The first kappa shape index (κ1) is 19.6. The molecule has 1 aliphatic heterocycles. The van der Waals surface area contributed by atoms with Crippen molar-refractivity contribution < 1.29 is 4.74 Å². The number of hydrogen-bond donors (Lipinski definition) is 2. The van der Waals surface area contributed by atoms with E-state index in [1.807, 2.05) is 30.3 Å². The molecule has 2 aromatic rings. The van der Waals surface area contributed by atoms with E-state index in [9.17, 15) is 0 Å². The molecular formula is C19H24ClN5OS. The Kier molecular flexibility index (Phi) is 6.68. The summed E-state index contributed by atoms with van der Waals surface area (Å²) in [5.74, 6) is 1.78. The van der Waals surface area contributed by atoms with Crippen molar-refractivity contribution in [3.05, 3.63) is 40.9 Å². The van der Waals surface area contributed by atoms with E-state index in [1.165, 1.54) is 6.42 Å². The number of anilines is 2. The second-order valence-electron chi connectivity index (χ2n) is 6.53. The number of thiocarbonyl (C=S) groups is 1. The van der Waals surface area contributed by atoms with Gasteiger partial charge in [0.1, 0.15) is 5.82 Å². The highest BCUT2D eigenvalue weighted by Crippen LogP contribution is 2.26. The van der Waals surface area contributed by atoms with Crippen molar-refractivity contribution in [1.82, 2.24) is 15.3 Å². The van der Waals surface area contributed by atoms with Crippen LogP contribution in [-0.4, -0.2) is 34.8 Å². The molecular weight excluding hydrogens is 382 g/mol. The number of hydrogen-bond acceptors (Lipinski definition) is 5. The summed E-state index contributed by atoms with van der Waals surface area (Å²) < 4.78 is 5.35. The fraction of sp³-hybridized carbons (Fsp3) is 0.421. The third kappa shape index (κ3) is 5.20. The summed E-state index contributed by atoms with van der Waals surface area (Å²) in [5, 5.41) is 7.32. The van der Waals surface area contributed by atoms with E-state index in [4.69, 9.17) is 28.6 Å². The zero-order chi connectivity index (χ0) is 19.2. The molecule has 0 unspecified atom stereocenters. The molecule has 2 N–H and O–H groups in total. The SMILES string of the molecule is COc1cc(N2CCCC[C@H]2C)nc(NC(=S)NCc2ccccc2Cl)n1. The molecule has 0 bridgehead atoms. The first-order valence-corrected chi connectivity index (χ1v) is 9.83. The number of rotatable bonds is 5. The van der Waals surface area contributed by atoms with Gasteiger partial charge in [-0.2, -0.15) is 9.97 Å². The van der Waals surface area contributed by atoms with Crippen LogP contribution in [0.4, 0.5) is 11.8 Å². The van der Waals surface area contributed by atoms with Crippen molar-refractivity contribution in [2.45, 2.75) is 38.8 Å². The zero-order valence-corrected chi connectivity index (χ0v) is 17.1. The Hall–Kier alpha value is -2.12. The van der Waals surface area contributed by atoms with Gasteiger partial charge in [-0.15, -0.1) is 0 Å². The lowest BCUT2D eigenvalue weighted by molar-refractivity contribution is 0.396. The second-order valence-corrected chi connectivity index (χ2v) is 7.34. The van der Waals surface area contributed by atoms with Crippen LogP contribution in [0, 0.1) is 0 Å². The van der Waals surface area contributed by atoms with Crippen LogP contribution < -0.4 is 20.3 Å². The van der Waals surface area contributed by atoms with E-state index in [2.05, 4.69) is 32.4 Å². The topological polar surface area (TPSA) is 62.3 Å². The maximum atomic E-state index is 6.18. The summed E-state index contributed by atoms with van der Waals surface area (Å²) in [6, 6.07) is 9.96. The smallest absolute Gasteiger partial charge is 0.234 e. The minimum Gasteiger partial charge on any atom is -0.481 e. The van der Waals surface area contributed by atoms with Crippen molar-refractivity contribution >= 4 is 40.7 Å².